The molecule has 5 heteroatoms. The van der Waals surface area contributed by atoms with Crippen molar-refractivity contribution in [3.05, 3.63) is 17.5 Å². The third kappa shape index (κ3) is 5.53. The van der Waals surface area contributed by atoms with Gasteiger partial charge in [-0.1, -0.05) is 13.8 Å². The fraction of sp³-hybridized carbons (Fsp3) is 0.714. The summed E-state index contributed by atoms with van der Waals surface area (Å²) in [7, 11) is 3.73. The summed E-state index contributed by atoms with van der Waals surface area (Å²) >= 11 is 0. The SMILES string of the molecule is COCCCN(C)c1ncc(CNC(C)C)c(C)n1. The molecule has 1 N–H and O–H groups in total. The highest BCUT2D eigenvalue weighted by Crippen LogP contribution is 2.10. The van der Waals surface area contributed by atoms with Crippen LogP contribution in [-0.4, -0.2) is 43.3 Å². The maximum atomic E-state index is 5.05. The van der Waals surface area contributed by atoms with Crippen LogP contribution in [0.3, 0.4) is 0 Å². The average molecular weight is 266 g/mol. The van der Waals surface area contributed by atoms with Crippen LogP contribution in [0, 0.1) is 6.92 Å². The summed E-state index contributed by atoms with van der Waals surface area (Å²) in [6.45, 7) is 8.78. The molecule has 0 radical (unpaired) electrons. The molecule has 0 aromatic carbocycles. The molecule has 0 atom stereocenters. The fourth-order valence-electron chi connectivity index (χ4n) is 1.70. The molecule has 0 saturated heterocycles. The highest BCUT2D eigenvalue weighted by molar-refractivity contribution is 5.31. The van der Waals surface area contributed by atoms with Crippen molar-refractivity contribution < 1.29 is 4.74 Å². The van der Waals surface area contributed by atoms with Crippen molar-refractivity contribution in [1.82, 2.24) is 15.3 Å². The van der Waals surface area contributed by atoms with Gasteiger partial charge >= 0.3 is 0 Å². The number of hydrogen-bond acceptors (Lipinski definition) is 5. The molecular weight excluding hydrogens is 240 g/mol. The van der Waals surface area contributed by atoms with E-state index in [1.807, 2.05) is 20.2 Å². The zero-order valence-corrected chi connectivity index (χ0v) is 12.7. The van der Waals surface area contributed by atoms with E-state index in [2.05, 4.69) is 34.0 Å². The maximum absolute atomic E-state index is 5.05. The van der Waals surface area contributed by atoms with Crippen LogP contribution in [-0.2, 0) is 11.3 Å². The van der Waals surface area contributed by atoms with Crippen molar-refractivity contribution in [2.45, 2.75) is 39.8 Å². The first-order valence-corrected chi connectivity index (χ1v) is 6.80. The van der Waals surface area contributed by atoms with Gasteiger partial charge in [0.05, 0.1) is 0 Å². The Hall–Kier alpha value is -1.20. The molecule has 1 aromatic rings. The van der Waals surface area contributed by atoms with Gasteiger partial charge in [-0.05, 0) is 13.3 Å². The van der Waals surface area contributed by atoms with Gasteiger partial charge in [0.15, 0.2) is 0 Å². The average Bonchev–Trinajstić information content (AvgIpc) is 2.37. The predicted molar refractivity (Wildman–Crippen MR) is 78.5 cm³/mol. The van der Waals surface area contributed by atoms with E-state index < -0.39 is 0 Å². The van der Waals surface area contributed by atoms with Crippen LogP contribution in [0.5, 0.6) is 0 Å². The van der Waals surface area contributed by atoms with Gasteiger partial charge in [-0.3, -0.25) is 0 Å². The number of anilines is 1. The second-order valence-electron chi connectivity index (χ2n) is 5.08. The Morgan fingerprint density at radius 1 is 1.42 bits per heavy atom. The third-order valence-corrected chi connectivity index (χ3v) is 2.95. The topological polar surface area (TPSA) is 50.3 Å². The standard InChI is InChI=1S/C14H26N4O/c1-11(2)15-9-13-10-16-14(17-12(13)3)18(4)7-6-8-19-5/h10-11,15H,6-9H2,1-5H3. The fourth-order valence-corrected chi connectivity index (χ4v) is 1.70. The summed E-state index contributed by atoms with van der Waals surface area (Å²) in [5.74, 6) is 0.780. The maximum Gasteiger partial charge on any atom is 0.225 e. The molecule has 1 rings (SSSR count). The van der Waals surface area contributed by atoms with E-state index in [9.17, 15) is 0 Å². The predicted octanol–water partition coefficient (Wildman–Crippen LogP) is 1.76. The molecule has 0 unspecified atom stereocenters. The Kier molecular flexibility index (Phi) is 6.73. The van der Waals surface area contributed by atoms with E-state index in [4.69, 9.17) is 4.74 Å². The minimum absolute atomic E-state index is 0.468. The van der Waals surface area contributed by atoms with Crippen LogP contribution in [0.1, 0.15) is 31.5 Å². The van der Waals surface area contributed by atoms with Crippen molar-refractivity contribution in [3.63, 3.8) is 0 Å². The minimum atomic E-state index is 0.468. The molecule has 0 saturated carbocycles. The van der Waals surface area contributed by atoms with E-state index in [0.29, 0.717) is 6.04 Å². The van der Waals surface area contributed by atoms with Gasteiger partial charge in [-0.2, -0.15) is 0 Å². The first-order chi connectivity index (χ1) is 9.04. The number of nitrogens with one attached hydrogen (secondary N) is 1. The molecular formula is C14H26N4O. The largest absolute Gasteiger partial charge is 0.385 e. The van der Waals surface area contributed by atoms with E-state index in [0.717, 1.165) is 43.3 Å². The minimum Gasteiger partial charge on any atom is -0.385 e. The first kappa shape index (κ1) is 15.9. The lowest BCUT2D eigenvalue weighted by Gasteiger charge is -2.18. The summed E-state index contributed by atoms with van der Waals surface area (Å²) in [5, 5.41) is 3.38. The molecule has 19 heavy (non-hydrogen) atoms. The van der Waals surface area contributed by atoms with Crippen molar-refractivity contribution in [2.75, 3.05) is 32.2 Å². The third-order valence-electron chi connectivity index (χ3n) is 2.95. The van der Waals surface area contributed by atoms with Crippen LogP contribution in [0.25, 0.3) is 0 Å². The molecule has 0 fully saturated rings. The highest BCUT2D eigenvalue weighted by Gasteiger charge is 2.07. The quantitative estimate of drug-likeness (QED) is 0.727. The Morgan fingerprint density at radius 2 is 2.16 bits per heavy atom. The highest BCUT2D eigenvalue weighted by atomic mass is 16.5. The van der Waals surface area contributed by atoms with Crippen LogP contribution in [0.2, 0.25) is 0 Å². The number of methoxy groups -OCH3 is 1. The number of hydrogen-bond donors (Lipinski definition) is 1. The molecule has 1 heterocycles. The smallest absolute Gasteiger partial charge is 0.225 e. The normalized spacial score (nSPS) is 11.1. The summed E-state index contributed by atoms with van der Waals surface area (Å²) < 4.78 is 5.05. The molecule has 0 aliphatic rings. The first-order valence-electron chi connectivity index (χ1n) is 6.80. The lowest BCUT2D eigenvalue weighted by atomic mass is 10.2. The number of aromatic nitrogens is 2. The van der Waals surface area contributed by atoms with Crippen LogP contribution in [0.15, 0.2) is 6.20 Å². The number of ether oxygens (including phenoxy) is 1. The van der Waals surface area contributed by atoms with E-state index in [-0.39, 0.29) is 0 Å². The Bertz CT molecular complexity index is 382. The number of rotatable bonds is 8. The van der Waals surface area contributed by atoms with E-state index >= 15 is 0 Å². The molecule has 0 aliphatic heterocycles. The van der Waals surface area contributed by atoms with Gasteiger partial charge in [-0.25, -0.2) is 9.97 Å². The molecule has 0 bridgehead atoms. The Balaban J connectivity index is 2.59. The Labute approximate surface area is 116 Å². The van der Waals surface area contributed by atoms with Gasteiger partial charge in [0.1, 0.15) is 0 Å². The van der Waals surface area contributed by atoms with Crippen LogP contribution < -0.4 is 10.2 Å². The zero-order valence-electron chi connectivity index (χ0n) is 12.7. The molecule has 108 valence electrons. The summed E-state index contributed by atoms with van der Waals surface area (Å²) in [5.41, 5.74) is 2.19. The molecule has 5 nitrogen and oxygen atoms in total. The lowest BCUT2D eigenvalue weighted by molar-refractivity contribution is 0.196. The van der Waals surface area contributed by atoms with Gasteiger partial charge in [0.2, 0.25) is 5.95 Å². The van der Waals surface area contributed by atoms with E-state index in [1.54, 1.807) is 7.11 Å². The van der Waals surface area contributed by atoms with Gasteiger partial charge in [0.25, 0.3) is 0 Å². The van der Waals surface area contributed by atoms with Crippen molar-refractivity contribution in [3.8, 4) is 0 Å². The van der Waals surface area contributed by atoms with Crippen molar-refractivity contribution in [1.29, 1.82) is 0 Å². The number of aryl methyl sites for hydroxylation is 1. The van der Waals surface area contributed by atoms with Crippen LogP contribution in [0.4, 0.5) is 5.95 Å². The van der Waals surface area contributed by atoms with Gasteiger partial charge in [-0.15, -0.1) is 0 Å². The molecule has 0 aliphatic carbocycles. The van der Waals surface area contributed by atoms with Gasteiger partial charge in [0, 0.05) is 57.3 Å². The Morgan fingerprint density at radius 3 is 2.74 bits per heavy atom. The molecule has 1 aromatic heterocycles. The van der Waals surface area contributed by atoms with Crippen molar-refractivity contribution >= 4 is 5.95 Å². The second kappa shape index (κ2) is 8.07. The van der Waals surface area contributed by atoms with Crippen LogP contribution >= 0.6 is 0 Å². The lowest BCUT2D eigenvalue weighted by Crippen LogP contribution is -2.24. The zero-order chi connectivity index (χ0) is 14.3. The van der Waals surface area contributed by atoms with Crippen molar-refractivity contribution in [2.24, 2.45) is 0 Å². The molecule has 0 spiro atoms. The van der Waals surface area contributed by atoms with E-state index in [1.165, 1.54) is 0 Å². The molecule has 0 amide bonds. The monoisotopic (exact) mass is 266 g/mol. The van der Waals surface area contributed by atoms with Gasteiger partial charge < -0.3 is 15.0 Å². The number of nitrogens with zero attached hydrogens (tertiary/aromatic N) is 3. The second-order valence-corrected chi connectivity index (χ2v) is 5.08. The summed E-state index contributed by atoms with van der Waals surface area (Å²) in [4.78, 5) is 11.1. The summed E-state index contributed by atoms with van der Waals surface area (Å²) in [6.07, 6.45) is 2.89. The summed E-state index contributed by atoms with van der Waals surface area (Å²) in [6, 6.07) is 0.468.